The Labute approximate surface area is 96.6 Å². The van der Waals surface area contributed by atoms with Crippen LogP contribution >= 0.6 is 11.6 Å². The van der Waals surface area contributed by atoms with Gasteiger partial charge in [0.25, 0.3) is 0 Å². The van der Waals surface area contributed by atoms with Crippen molar-refractivity contribution in [2.75, 3.05) is 6.54 Å². The molecule has 15 heavy (non-hydrogen) atoms. The predicted octanol–water partition coefficient (Wildman–Crippen LogP) is 3.35. The quantitative estimate of drug-likeness (QED) is 0.818. The molecule has 82 valence electrons. The van der Waals surface area contributed by atoms with Crippen LogP contribution in [0.25, 0.3) is 0 Å². The Hall–Kier alpha value is -0.530. The average Bonchev–Trinajstić information content (AvgIpc) is 2.28. The van der Waals surface area contributed by atoms with Gasteiger partial charge >= 0.3 is 0 Å². The number of halogens is 1. The molecule has 0 fully saturated rings. The van der Waals surface area contributed by atoms with Gasteiger partial charge in [-0.3, -0.25) is 0 Å². The normalized spacial score (nSPS) is 22.2. The summed E-state index contributed by atoms with van der Waals surface area (Å²) in [6.07, 6.45) is 3.67. The maximum Gasteiger partial charge on any atom is 0.0443 e. The van der Waals surface area contributed by atoms with E-state index < -0.39 is 0 Å². The van der Waals surface area contributed by atoms with E-state index in [2.05, 4.69) is 19.1 Å². The molecule has 0 amide bonds. The number of rotatable bonds is 2. The van der Waals surface area contributed by atoms with E-state index >= 15 is 0 Å². The molecule has 0 aromatic heterocycles. The number of aryl methyl sites for hydroxylation is 1. The lowest BCUT2D eigenvalue weighted by molar-refractivity contribution is 0.413. The lowest BCUT2D eigenvalue weighted by Crippen LogP contribution is -2.23. The van der Waals surface area contributed by atoms with Gasteiger partial charge in [0.05, 0.1) is 0 Å². The summed E-state index contributed by atoms with van der Waals surface area (Å²) in [5.74, 6) is 1.09. The second-order valence-corrected chi connectivity index (χ2v) is 4.93. The van der Waals surface area contributed by atoms with Crippen LogP contribution in [0.2, 0.25) is 5.02 Å². The first kappa shape index (κ1) is 11.0. The SMILES string of the molecule is CC(CN)C1CCCc2cccc(Cl)c21. The van der Waals surface area contributed by atoms with Crippen molar-refractivity contribution in [1.82, 2.24) is 0 Å². The highest BCUT2D eigenvalue weighted by atomic mass is 35.5. The third-order valence-corrected chi connectivity index (χ3v) is 3.86. The van der Waals surface area contributed by atoms with Gasteiger partial charge in [0, 0.05) is 5.02 Å². The van der Waals surface area contributed by atoms with Crippen LogP contribution in [-0.4, -0.2) is 6.54 Å². The van der Waals surface area contributed by atoms with Gasteiger partial charge < -0.3 is 5.73 Å². The molecular weight excluding hydrogens is 206 g/mol. The van der Waals surface area contributed by atoms with E-state index in [1.54, 1.807) is 0 Å². The smallest absolute Gasteiger partial charge is 0.0443 e. The van der Waals surface area contributed by atoms with Gasteiger partial charge in [-0.25, -0.2) is 0 Å². The van der Waals surface area contributed by atoms with Crippen LogP contribution in [0.5, 0.6) is 0 Å². The van der Waals surface area contributed by atoms with Gasteiger partial charge in [0.15, 0.2) is 0 Å². The highest BCUT2D eigenvalue weighted by molar-refractivity contribution is 6.31. The van der Waals surface area contributed by atoms with E-state index in [1.807, 2.05) is 6.07 Å². The summed E-state index contributed by atoms with van der Waals surface area (Å²) >= 11 is 6.30. The molecule has 0 aliphatic heterocycles. The van der Waals surface area contributed by atoms with Gasteiger partial charge in [-0.1, -0.05) is 30.7 Å². The van der Waals surface area contributed by atoms with E-state index in [4.69, 9.17) is 17.3 Å². The number of benzene rings is 1. The Morgan fingerprint density at radius 1 is 1.53 bits per heavy atom. The Morgan fingerprint density at radius 2 is 2.33 bits per heavy atom. The van der Waals surface area contributed by atoms with Crippen LogP contribution in [0.15, 0.2) is 18.2 Å². The number of fused-ring (bicyclic) bond motifs is 1. The van der Waals surface area contributed by atoms with Crippen LogP contribution in [0.3, 0.4) is 0 Å². The van der Waals surface area contributed by atoms with E-state index in [1.165, 1.54) is 30.4 Å². The number of nitrogens with two attached hydrogens (primary N) is 1. The maximum absolute atomic E-state index is 6.30. The molecule has 0 saturated carbocycles. The topological polar surface area (TPSA) is 26.0 Å². The predicted molar refractivity (Wildman–Crippen MR) is 65.3 cm³/mol. The molecule has 0 heterocycles. The van der Waals surface area contributed by atoms with Crippen LogP contribution in [-0.2, 0) is 6.42 Å². The van der Waals surface area contributed by atoms with Crippen LogP contribution < -0.4 is 5.73 Å². The van der Waals surface area contributed by atoms with Gasteiger partial charge in [0.2, 0.25) is 0 Å². The highest BCUT2D eigenvalue weighted by Crippen LogP contribution is 2.40. The molecule has 0 bridgehead atoms. The minimum atomic E-state index is 0.531. The zero-order valence-electron chi connectivity index (χ0n) is 9.17. The second-order valence-electron chi connectivity index (χ2n) is 4.52. The van der Waals surface area contributed by atoms with Crippen LogP contribution in [0, 0.1) is 5.92 Å². The molecule has 2 N–H and O–H groups in total. The summed E-state index contributed by atoms with van der Waals surface area (Å²) in [6, 6.07) is 6.26. The Balaban J connectivity index is 2.40. The fraction of sp³-hybridized carbons (Fsp3) is 0.538. The van der Waals surface area contributed by atoms with Crippen molar-refractivity contribution in [1.29, 1.82) is 0 Å². The minimum absolute atomic E-state index is 0.531. The Bertz CT molecular complexity index is 348. The van der Waals surface area contributed by atoms with Gasteiger partial charge in [-0.15, -0.1) is 0 Å². The van der Waals surface area contributed by atoms with E-state index in [0.717, 1.165) is 11.6 Å². The van der Waals surface area contributed by atoms with E-state index in [0.29, 0.717) is 11.8 Å². The monoisotopic (exact) mass is 223 g/mol. The molecule has 2 unspecified atom stereocenters. The molecule has 2 rings (SSSR count). The van der Waals surface area contributed by atoms with Crippen LogP contribution in [0.1, 0.15) is 36.8 Å². The Morgan fingerprint density at radius 3 is 3.07 bits per heavy atom. The first-order valence-electron chi connectivity index (χ1n) is 5.71. The third-order valence-electron chi connectivity index (χ3n) is 3.53. The molecule has 2 heteroatoms. The molecule has 1 nitrogen and oxygen atoms in total. The summed E-state index contributed by atoms with van der Waals surface area (Å²) in [6.45, 7) is 2.97. The summed E-state index contributed by atoms with van der Waals surface area (Å²) < 4.78 is 0. The molecule has 1 aromatic rings. The van der Waals surface area contributed by atoms with Crippen molar-refractivity contribution in [2.45, 2.75) is 32.1 Å². The summed E-state index contributed by atoms with van der Waals surface area (Å²) in [5, 5.41) is 0.928. The Kier molecular flexibility index (Phi) is 3.32. The first-order valence-corrected chi connectivity index (χ1v) is 6.09. The number of hydrogen-bond donors (Lipinski definition) is 1. The van der Waals surface area contributed by atoms with Gasteiger partial charge in [-0.2, -0.15) is 0 Å². The third kappa shape index (κ3) is 2.04. The van der Waals surface area contributed by atoms with Gasteiger partial charge in [-0.05, 0) is 54.8 Å². The lowest BCUT2D eigenvalue weighted by Gasteiger charge is -2.30. The lowest BCUT2D eigenvalue weighted by atomic mass is 9.76. The maximum atomic E-state index is 6.30. The molecule has 1 aliphatic carbocycles. The summed E-state index contributed by atoms with van der Waals surface area (Å²) in [7, 11) is 0. The van der Waals surface area contributed by atoms with Crippen LogP contribution in [0.4, 0.5) is 0 Å². The van der Waals surface area contributed by atoms with Crippen molar-refractivity contribution in [3.05, 3.63) is 34.3 Å². The standard InChI is InChI=1S/C13H18ClN/c1-9(8-15)11-6-2-4-10-5-3-7-12(14)13(10)11/h3,5,7,9,11H,2,4,6,8,15H2,1H3. The second kappa shape index (κ2) is 4.54. The molecule has 2 atom stereocenters. The molecule has 0 saturated heterocycles. The van der Waals surface area contributed by atoms with Crippen molar-refractivity contribution in [3.63, 3.8) is 0 Å². The number of hydrogen-bond acceptors (Lipinski definition) is 1. The zero-order chi connectivity index (χ0) is 10.8. The largest absolute Gasteiger partial charge is 0.330 e. The van der Waals surface area contributed by atoms with Gasteiger partial charge in [0.1, 0.15) is 0 Å². The summed E-state index contributed by atoms with van der Waals surface area (Å²) in [5.41, 5.74) is 8.56. The molecular formula is C13H18ClN. The fourth-order valence-corrected chi connectivity index (χ4v) is 2.94. The molecule has 1 aromatic carbocycles. The summed E-state index contributed by atoms with van der Waals surface area (Å²) in [4.78, 5) is 0. The van der Waals surface area contributed by atoms with E-state index in [9.17, 15) is 0 Å². The van der Waals surface area contributed by atoms with Crippen molar-refractivity contribution in [2.24, 2.45) is 11.7 Å². The molecule has 1 aliphatic rings. The minimum Gasteiger partial charge on any atom is -0.330 e. The van der Waals surface area contributed by atoms with Crippen molar-refractivity contribution < 1.29 is 0 Å². The zero-order valence-corrected chi connectivity index (χ0v) is 9.93. The average molecular weight is 224 g/mol. The first-order chi connectivity index (χ1) is 7.24. The van der Waals surface area contributed by atoms with E-state index in [-0.39, 0.29) is 0 Å². The van der Waals surface area contributed by atoms with Crippen molar-refractivity contribution >= 4 is 11.6 Å². The fourth-order valence-electron chi connectivity index (χ4n) is 2.61. The molecule has 0 radical (unpaired) electrons. The van der Waals surface area contributed by atoms with Crippen molar-refractivity contribution in [3.8, 4) is 0 Å². The highest BCUT2D eigenvalue weighted by Gasteiger charge is 2.26. The molecule has 0 spiro atoms.